The second-order valence-electron chi connectivity index (χ2n) is 4.65. The Morgan fingerprint density at radius 1 is 1.53 bits per heavy atom. The van der Waals surface area contributed by atoms with Crippen LogP contribution < -0.4 is 11.1 Å². The summed E-state index contributed by atoms with van der Waals surface area (Å²) in [6.45, 7) is 4.09. The van der Waals surface area contributed by atoms with Crippen molar-refractivity contribution in [2.45, 2.75) is 26.3 Å². The molecule has 0 aliphatic rings. The number of carbonyl (C=O) groups excluding carboxylic acids is 1. The third-order valence-electron chi connectivity index (χ3n) is 2.55. The first-order valence-electron chi connectivity index (χ1n) is 6.04. The summed E-state index contributed by atoms with van der Waals surface area (Å²) in [5, 5.41) is 3.11. The zero-order valence-corrected chi connectivity index (χ0v) is 12.2. The van der Waals surface area contributed by atoms with Gasteiger partial charge in [-0.25, -0.2) is 4.79 Å². The highest BCUT2D eigenvalue weighted by Crippen LogP contribution is 2.14. The van der Waals surface area contributed by atoms with Gasteiger partial charge in [-0.15, -0.1) is 0 Å². The lowest BCUT2D eigenvalue weighted by atomic mass is 10.0. The lowest BCUT2D eigenvalue weighted by Crippen LogP contribution is -2.32. The second-order valence-corrected chi connectivity index (χ2v) is 5.09. The summed E-state index contributed by atoms with van der Waals surface area (Å²) in [4.78, 5) is 16.0. The molecule has 0 amide bonds. The molecule has 0 spiro atoms. The van der Waals surface area contributed by atoms with Gasteiger partial charge in [-0.2, -0.15) is 0 Å². The van der Waals surface area contributed by atoms with E-state index in [1.54, 1.807) is 18.3 Å². The Balaban J connectivity index is 2.78. The molecule has 0 bridgehead atoms. The Labute approximate surface area is 118 Å². The summed E-state index contributed by atoms with van der Waals surface area (Å²) >= 11 is 4.83. The number of rotatable bonds is 6. The van der Waals surface area contributed by atoms with Crippen LogP contribution >= 0.6 is 12.2 Å². The first-order chi connectivity index (χ1) is 8.93. The van der Waals surface area contributed by atoms with E-state index in [2.05, 4.69) is 10.3 Å². The number of hydrogen-bond donors (Lipinski definition) is 2. The predicted molar refractivity (Wildman–Crippen MR) is 79.0 cm³/mol. The highest BCUT2D eigenvalue weighted by atomic mass is 32.1. The molecule has 0 fully saturated rings. The van der Waals surface area contributed by atoms with E-state index in [0.29, 0.717) is 18.0 Å². The molecule has 1 unspecified atom stereocenters. The molecule has 3 N–H and O–H groups in total. The maximum atomic E-state index is 11.7. The fraction of sp³-hybridized carbons (Fsp3) is 0.462. The topological polar surface area (TPSA) is 77.2 Å². The molecule has 104 valence electrons. The van der Waals surface area contributed by atoms with E-state index in [1.807, 2.05) is 13.8 Å². The predicted octanol–water partition coefficient (Wildman–Crippen LogP) is 1.72. The Morgan fingerprint density at radius 3 is 2.63 bits per heavy atom. The summed E-state index contributed by atoms with van der Waals surface area (Å²) in [7, 11) is 1.38. The molecular formula is C13H19N3O2S. The molecule has 0 radical (unpaired) electrons. The Kier molecular flexibility index (Phi) is 5.69. The van der Waals surface area contributed by atoms with Crippen molar-refractivity contribution in [3.63, 3.8) is 0 Å². The molecule has 0 saturated carbocycles. The van der Waals surface area contributed by atoms with Gasteiger partial charge in [0, 0.05) is 0 Å². The van der Waals surface area contributed by atoms with Crippen molar-refractivity contribution in [3.8, 4) is 0 Å². The quantitative estimate of drug-likeness (QED) is 0.610. The number of carbonyl (C=O) groups is 1. The van der Waals surface area contributed by atoms with Crippen LogP contribution in [0.4, 0.5) is 5.69 Å². The van der Waals surface area contributed by atoms with Crippen LogP contribution in [0.25, 0.3) is 0 Å². The number of nitrogens with zero attached hydrogens (tertiary/aromatic N) is 1. The van der Waals surface area contributed by atoms with Crippen LogP contribution in [-0.2, 0) is 9.53 Å². The molecule has 1 aromatic rings. The van der Waals surface area contributed by atoms with Crippen LogP contribution in [0.3, 0.4) is 0 Å². The van der Waals surface area contributed by atoms with Gasteiger partial charge < -0.3 is 15.8 Å². The van der Waals surface area contributed by atoms with Crippen molar-refractivity contribution >= 4 is 28.9 Å². The molecule has 1 heterocycles. The number of esters is 1. The summed E-state index contributed by atoms with van der Waals surface area (Å²) in [6.07, 6.45) is 2.29. The molecule has 1 rings (SSSR count). The third-order valence-corrected chi connectivity index (χ3v) is 2.76. The highest BCUT2D eigenvalue weighted by Gasteiger charge is 2.20. The summed E-state index contributed by atoms with van der Waals surface area (Å²) < 4.78 is 4.78. The van der Waals surface area contributed by atoms with Gasteiger partial charge in [0.15, 0.2) is 0 Å². The second kappa shape index (κ2) is 7.04. The van der Waals surface area contributed by atoms with Crippen LogP contribution in [-0.4, -0.2) is 29.1 Å². The van der Waals surface area contributed by atoms with Crippen molar-refractivity contribution in [3.05, 3.63) is 24.0 Å². The van der Waals surface area contributed by atoms with Gasteiger partial charge in [0.1, 0.15) is 11.0 Å². The molecule has 6 heteroatoms. The first kappa shape index (κ1) is 15.4. The largest absolute Gasteiger partial charge is 0.467 e. The van der Waals surface area contributed by atoms with Gasteiger partial charge in [-0.3, -0.25) is 4.98 Å². The molecule has 0 aromatic carbocycles. The molecule has 0 saturated heterocycles. The monoisotopic (exact) mass is 281 g/mol. The fourth-order valence-electron chi connectivity index (χ4n) is 1.65. The van der Waals surface area contributed by atoms with E-state index in [-0.39, 0.29) is 17.0 Å². The molecule has 0 aliphatic heterocycles. The number of nitrogens with one attached hydrogen (secondary N) is 1. The lowest BCUT2D eigenvalue weighted by molar-refractivity contribution is -0.141. The summed E-state index contributed by atoms with van der Waals surface area (Å²) in [6, 6.07) is 3.12. The number of hydrogen-bond acceptors (Lipinski definition) is 5. The first-order valence-corrected chi connectivity index (χ1v) is 6.45. The fourth-order valence-corrected chi connectivity index (χ4v) is 1.77. The molecule has 1 atom stereocenters. The number of pyridine rings is 1. The lowest BCUT2D eigenvalue weighted by Gasteiger charge is -2.19. The Hall–Kier alpha value is -1.69. The van der Waals surface area contributed by atoms with Crippen LogP contribution in [0.2, 0.25) is 0 Å². The minimum Gasteiger partial charge on any atom is -0.467 e. The SMILES string of the molecule is COC(=O)C(CC(C)C)Nc1ccc(C(N)=S)nc1. The number of methoxy groups -OCH3 is 1. The van der Waals surface area contributed by atoms with Crippen LogP contribution in [0.1, 0.15) is 26.0 Å². The van der Waals surface area contributed by atoms with Gasteiger partial charge in [0.2, 0.25) is 0 Å². The van der Waals surface area contributed by atoms with E-state index in [0.717, 1.165) is 5.69 Å². The smallest absolute Gasteiger partial charge is 0.328 e. The molecular weight excluding hydrogens is 262 g/mol. The van der Waals surface area contributed by atoms with Gasteiger partial charge in [0.25, 0.3) is 0 Å². The number of aromatic nitrogens is 1. The van der Waals surface area contributed by atoms with Crippen molar-refractivity contribution in [2.24, 2.45) is 11.7 Å². The zero-order valence-electron chi connectivity index (χ0n) is 11.3. The third kappa shape index (κ3) is 4.82. The van der Waals surface area contributed by atoms with E-state index in [9.17, 15) is 4.79 Å². The van der Waals surface area contributed by atoms with E-state index in [1.165, 1.54) is 7.11 Å². The van der Waals surface area contributed by atoms with Crippen molar-refractivity contribution in [1.29, 1.82) is 0 Å². The van der Waals surface area contributed by atoms with E-state index < -0.39 is 0 Å². The van der Waals surface area contributed by atoms with Gasteiger partial charge in [-0.05, 0) is 24.5 Å². The molecule has 5 nitrogen and oxygen atoms in total. The highest BCUT2D eigenvalue weighted by molar-refractivity contribution is 7.80. The van der Waals surface area contributed by atoms with E-state index in [4.69, 9.17) is 22.7 Å². The Bertz CT molecular complexity index is 446. The van der Waals surface area contributed by atoms with E-state index >= 15 is 0 Å². The minimum absolute atomic E-state index is 0.248. The molecule has 19 heavy (non-hydrogen) atoms. The standard InChI is InChI=1S/C13H19N3O2S/c1-8(2)6-11(13(17)18-3)16-9-4-5-10(12(14)19)15-7-9/h4-5,7-8,11,16H,6H2,1-3H3,(H2,14,19). The van der Waals surface area contributed by atoms with Gasteiger partial charge in [-0.1, -0.05) is 26.1 Å². The number of thiocarbonyl (C=S) groups is 1. The number of nitrogens with two attached hydrogens (primary N) is 1. The van der Waals surface area contributed by atoms with Gasteiger partial charge >= 0.3 is 5.97 Å². The van der Waals surface area contributed by atoms with Crippen molar-refractivity contribution in [1.82, 2.24) is 4.98 Å². The van der Waals surface area contributed by atoms with Crippen LogP contribution in [0.5, 0.6) is 0 Å². The summed E-state index contributed by atoms with van der Waals surface area (Å²) in [5.41, 5.74) is 6.76. The number of ether oxygens (including phenoxy) is 1. The number of anilines is 1. The normalized spacial score (nSPS) is 12.0. The average molecular weight is 281 g/mol. The maximum Gasteiger partial charge on any atom is 0.328 e. The zero-order chi connectivity index (χ0) is 14.4. The maximum absolute atomic E-state index is 11.7. The van der Waals surface area contributed by atoms with Crippen molar-refractivity contribution < 1.29 is 9.53 Å². The molecule has 1 aromatic heterocycles. The average Bonchev–Trinajstić information content (AvgIpc) is 2.37. The van der Waals surface area contributed by atoms with Crippen LogP contribution in [0.15, 0.2) is 18.3 Å². The molecule has 0 aliphatic carbocycles. The minimum atomic E-state index is -0.387. The van der Waals surface area contributed by atoms with Crippen LogP contribution in [0, 0.1) is 5.92 Å². The van der Waals surface area contributed by atoms with Gasteiger partial charge in [0.05, 0.1) is 24.7 Å². The van der Waals surface area contributed by atoms with Crippen molar-refractivity contribution in [2.75, 3.05) is 12.4 Å². The summed E-state index contributed by atoms with van der Waals surface area (Å²) in [5.74, 6) is 0.0903. The Morgan fingerprint density at radius 2 is 2.21 bits per heavy atom.